The van der Waals surface area contributed by atoms with Crippen LogP contribution in [0.3, 0.4) is 0 Å². The van der Waals surface area contributed by atoms with E-state index in [9.17, 15) is 44.3 Å². The standard InChI is InChI=1S/C15H8F9NO/c16-12(17,13(18,19)14(20,21)15(22,23)24)11(26)25-10-7-3-5-8-4-1-2-6-9(8)10/h1-7H,(H,25,26). The number of hydrogen-bond donors (Lipinski definition) is 1. The number of fused-ring (bicyclic) bond motifs is 1. The van der Waals surface area contributed by atoms with Crippen molar-refractivity contribution in [2.24, 2.45) is 0 Å². The molecule has 2 nitrogen and oxygen atoms in total. The summed E-state index contributed by atoms with van der Waals surface area (Å²) in [5.74, 6) is -23.5. The summed E-state index contributed by atoms with van der Waals surface area (Å²) in [7, 11) is 0. The third-order valence-corrected chi connectivity index (χ3v) is 3.47. The third kappa shape index (κ3) is 2.95. The van der Waals surface area contributed by atoms with E-state index in [0.717, 1.165) is 6.07 Å². The third-order valence-electron chi connectivity index (χ3n) is 3.47. The Hall–Kier alpha value is -2.46. The zero-order valence-corrected chi connectivity index (χ0v) is 12.4. The van der Waals surface area contributed by atoms with Gasteiger partial charge < -0.3 is 5.32 Å². The molecule has 1 N–H and O–H groups in total. The highest BCUT2D eigenvalue weighted by Crippen LogP contribution is 2.53. The first-order chi connectivity index (χ1) is 11.7. The number of anilines is 1. The molecule has 0 aliphatic heterocycles. The molecule has 0 aliphatic rings. The molecule has 0 aliphatic carbocycles. The first-order valence-electron chi connectivity index (χ1n) is 6.73. The van der Waals surface area contributed by atoms with Gasteiger partial charge in [0.1, 0.15) is 0 Å². The number of halogens is 9. The van der Waals surface area contributed by atoms with Crippen molar-refractivity contribution >= 4 is 22.4 Å². The van der Waals surface area contributed by atoms with Crippen LogP contribution in [0.25, 0.3) is 10.8 Å². The summed E-state index contributed by atoms with van der Waals surface area (Å²) >= 11 is 0. The monoisotopic (exact) mass is 389 g/mol. The second-order valence-electron chi connectivity index (χ2n) is 5.20. The smallest absolute Gasteiger partial charge is 0.320 e. The number of hydrogen-bond acceptors (Lipinski definition) is 1. The van der Waals surface area contributed by atoms with Crippen molar-refractivity contribution in [3.05, 3.63) is 42.5 Å². The molecule has 0 aromatic heterocycles. The molecule has 0 saturated carbocycles. The van der Waals surface area contributed by atoms with Crippen molar-refractivity contribution < 1.29 is 44.3 Å². The van der Waals surface area contributed by atoms with Gasteiger partial charge in [0, 0.05) is 11.1 Å². The maximum absolute atomic E-state index is 13.6. The Balaban J connectivity index is 2.41. The Kier molecular flexibility index (Phi) is 4.63. The number of carbonyl (C=O) groups is 1. The van der Waals surface area contributed by atoms with Crippen molar-refractivity contribution in [2.75, 3.05) is 5.32 Å². The lowest BCUT2D eigenvalue weighted by atomic mass is 10.0. The molecule has 0 heterocycles. The molecular weight excluding hydrogens is 381 g/mol. The minimum absolute atomic E-state index is 0.0880. The molecule has 1 amide bonds. The molecule has 0 fully saturated rings. The van der Waals surface area contributed by atoms with E-state index in [1.807, 2.05) is 0 Å². The van der Waals surface area contributed by atoms with Crippen molar-refractivity contribution in [2.45, 2.75) is 23.9 Å². The normalized spacial score (nSPS) is 13.7. The Bertz CT molecular complexity index is 824. The summed E-state index contributed by atoms with van der Waals surface area (Å²) in [6, 6.07) is 9.40. The summed E-state index contributed by atoms with van der Waals surface area (Å²) in [6.07, 6.45) is -6.99. The Labute approximate surface area is 139 Å². The zero-order chi connectivity index (χ0) is 20.0. The van der Waals surface area contributed by atoms with Crippen molar-refractivity contribution in [3.63, 3.8) is 0 Å². The van der Waals surface area contributed by atoms with Crippen molar-refractivity contribution in [1.82, 2.24) is 0 Å². The first kappa shape index (κ1) is 19.9. The zero-order valence-electron chi connectivity index (χ0n) is 12.4. The number of benzene rings is 2. The molecule has 0 unspecified atom stereocenters. The number of carbonyl (C=O) groups excluding carboxylic acids is 1. The van der Waals surface area contributed by atoms with Crippen LogP contribution in [0.5, 0.6) is 0 Å². The van der Waals surface area contributed by atoms with E-state index in [4.69, 9.17) is 0 Å². The van der Waals surface area contributed by atoms with Gasteiger partial charge in [-0.25, -0.2) is 0 Å². The molecule has 11 heteroatoms. The largest absolute Gasteiger partial charge is 0.460 e. The van der Waals surface area contributed by atoms with Gasteiger partial charge in [0.25, 0.3) is 0 Å². The van der Waals surface area contributed by atoms with E-state index in [2.05, 4.69) is 0 Å². The quantitative estimate of drug-likeness (QED) is 0.712. The average Bonchev–Trinajstić information content (AvgIpc) is 2.53. The van der Waals surface area contributed by atoms with E-state index >= 15 is 0 Å². The highest BCUT2D eigenvalue weighted by atomic mass is 19.4. The van der Waals surface area contributed by atoms with Gasteiger partial charge in [-0.3, -0.25) is 4.79 Å². The number of alkyl halides is 9. The summed E-state index contributed by atoms with van der Waals surface area (Å²) in [5, 5.41) is 1.75. The molecule has 2 aromatic rings. The number of amides is 1. The molecule has 0 spiro atoms. The predicted molar refractivity (Wildman–Crippen MR) is 73.5 cm³/mol. The van der Waals surface area contributed by atoms with Gasteiger partial charge in [0.2, 0.25) is 0 Å². The molecule has 2 aromatic carbocycles. The van der Waals surface area contributed by atoms with E-state index in [1.54, 1.807) is 0 Å². The van der Waals surface area contributed by atoms with Crippen LogP contribution in [0.4, 0.5) is 45.2 Å². The van der Waals surface area contributed by atoms with Gasteiger partial charge in [-0.15, -0.1) is 0 Å². The Morgan fingerprint density at radius 3 is 1.85 bits per heavy atom. The molecule has 0 radical (unpaired) electrons. The molecule has 26 heavy (non-hydrogen) atoms. The fraction of sp³-hybridized carbons (Fsp3) is 0.267. The summed E-state index contributed by atoms with van der Waals surface area (Å²) in [4.78, 5) is 11.5. The van der Waals surface area contributed by atoms with Gasteiger partial charge in [0.15, 0.2) is 0 Å². The first-order valence-corrected chi connectivity index (χ1v) is 6.73. The van der Waals surface area contributed by atoms with Crippen molar-refractivity contribution in [1.29, 1.82) is 0 Å². The molecule has 0 atom stereocenters. The number of rotatable bonds is 4. The lowest BCUT2D eigenvalue weighted by Crippen LogP contribution is -2.64. The van der Waals surface area contributed by atoms with Crippen LogP contribution in [-0.4, -0.2) is 29.9 Å². The molecule has 2 rings (SSSR count). The maximum Gasteiger partial charge on any atom is 0.460 e. The lowest BCUT2D eigenvalue weighted by Gasteiger charge is -2.32. The fourth-order valence-corrected chi connectivity index (χ4v) is 2.05. The van der Waals surface area contributed by atoms with Crippen LogP contribution < -0.4 is 5.32 Å². The van der Waals surface area contributed by atoms with Crippen LogP contribution in [0.1, 0.15) is 0 Å². The minimum Gasteiger partial charge on any atom is -0.320 e. The highest BCUT2D eigenvalue weighted by Gasteiger charge is 2.83. The maximum atomic E-state index is 13.6. The summed E-state index contributed by atoms with van der Waals surface area (Å²) in [5.41, 5.74) is -0.459. The van der Waals surface area contributed by atoms with Crippen LogP contribution in [0.15, 0.2) is 42.5 Å². The predicted octanol–water partition coefficient (Wildman–Crippen LogP) is 5.25. The van der Waals surface area contributed by atoms with Crippen molar-refractivity contribution in [3.8, 4) is 0 Å². The van der Waals surface area contributed by atoms with E-state index in [1.165, 1.54) is 41.7 Å². The SMILES string of the molecule is O=C(Nc1cccc2ccccc12)C(F)(F)C(F)(F)C(F)(F)C(F)(F)F. The topological polar surface area (TPSA) is 29.1 Å². The second-order valence-corrected chi connectivity index (χ2v) is 5.20. The van der Waals surface area contributed by atoms with E-state index in [-0.39, 0.29) is 5.39 Å². The lowest BCUT2D eigenvalue weighted by molar-refractivity contribution is -0.388. The van der Waals surface area contributed by atoms with Gasteiger partial charge in [-0.2, -0.15) is 39.5 Å². The van der Waals surface area contributed by atoms with Gasteiger partial charge in [-0.05, 0) is 11.5 Å². The van der Waals surface area contributed by atoms with Crippen LogP contribution in [0.2, 0.25) is 0 Å². The van der Waals surface area contributed by atoms with Gasteiger partial charge in [-0.1, -0.05) is 36.4 Å². The number of nitrogens with one attached hydrogen (secondary N) is 1. The Morgan fingerprint density at radius 1 is 0.731 bits per heavy atom. The van der Waals surface area contributed by atoms with Crippen LogP contribution >= 0.6 is 0 Å². The van der Waals surface area contributed by atoms with Crippen LogP contribution in [0, 0.1) is 0 Å². The minimum atomic E-state index is -7.13. The van der Waals surface area contributed by atoms with Gasteiger partial charge in [0.05, 0.1) is 0 Å². The molecule has 142 valence electrons. The average molecular weight is 389 g/mol. The summed E-state index contributed by atoms with van der Waals surface area (Å²) < 4.78 is 115. The fourth-order valence-electron chi connectivity index (χ4n) is 2.05. The second kappa shape index (κ2) is 6.06. The molecule has 0 saturated heterocycles. The highest BCUT2D eigenvalue weighted by molar-refractivity contribution is 6.04. The van der Waals surface area contributed by atoms with E-state index < -0.39 is 35.5 Å². The summed E-state index contributed by atoms with van der Waals surface area (Å²) in [6.45, 7) is 0. The molecule has 0 bridgehead atoms. The van der Waals surface area contributed by atoms with E-state index in [0.29, 0.717) is 5.39 Å². The molecular formula is C15H8F9NO. The Morgan fingerprint density at radius 2 is 1.27 bits per heavy atom. The van der Waals surface area contributed by atoms with Crippen LogP contribution in [-0.2, 0) is 4.79 Å². The van der Waals surface area contributed by atoms with Gasteiger partial charge >= 0.3 is 29.9 Å².